The summed E-state index contributed by atoms with van der Waals surface area (Å²) in [5.74, 6) is 0. The van der Waals surface area contributed by atoms with Gasteiger partial charge in [0.25, 0.3) is 0 Å². The zero-order valence-corrected chi connectivity index (χ0v) is 7.69. The van der Waals surface area contributed by atoms with E-state index in [9.17, 15) is 0 Å². The summed E-state index contributed by atoms with van der Waals surface area (Å²) in [6, 6.07) is 0. The van der Waals surface area contributed by atoms with E-state index in [1.54, 1.807) is 5.01 Å². The van der Waals surface area contributed by atoms with Crippen molar-refractivity contribution in [1.82, 2.24) is 15.7 Å². The Bertz CT molecular complexity index is 211. The Morgan fingerprint density at radius 1 is 1.55 bits per heavy atom. The van der Waals surface area contributed by atoms with E-state index in [1.807, 2.05) is 14.1 Å². The standard InChI is InChI=1S/C5H8Cl2N4/c1-10(2)11-8-4(6)3-5(7)9-11/h3,8H,1-2H3. The topological polar surface area (TPSA) is 30.9 Å². The van der Waals surface area contributed by atoms with Gasteiger partial charge < -0.3 is 0 Å². The number of hydrogen-bond donors (Lipinski definition) is 1. The third-order valence-electron chi connectivity index (χ3n) is 1.02. The second-order valence-corrected chi connectivity index (χ2v) is 2.96. The number of hydrogen-bond acceptors (Lipinski definition) is 4. The molecule has 62 valence electrons. The number of hydrazine groups is 2. The van der Waals surface area contributed by atoms with Crippen LogP contribution in [0.1, 0.15) is 0 Å². The smallest absolute Gasteiger partial charge is 0.155 e. The van der Waals surface area contributed by atoms with Crippen molar-refractivity contribution in [2.75, 3.05) is 14.1 Å². The molecule has 1 N–H and O–H groups in total. The van der Waals surface area contributed by atoms with E-state index in [0.29, 0.717) is 10.3 Å². The second kappa shape index (κ2) is 3.30. The van der Waals surface area contributed by atoms with E-state index in [1.165, 1.54) is 11.3 Å². The largest absolute Gasteiger partial charge is 0.256 e. The van der Waals surface area contributed by atoms with Crippen molar-refractivity contribution < 1.29 is 0 Å². The van der Waals surface area contributed by atoms with Gasteiger partial charge in [0, 0.05) is 20.2 Å². The van der Waals surface area contributed by atoms with E-state index in [4.69, 9.17) is 23.2 Å². The van der Waals surface area contributed by atoms with E-state index in [2.05, 4.69) is 10.5 Å². The van der Waals surface area contributed by atoms with Crippen LogP contribution in [0.15, 0.2) is 16.3 Å². The molecular formula is C5H8Cl2N4. The fourth-order valence-electron chi connectivity index (χ4n) is 0.566. The molecule has 6 heteroatoms. The van der Waals surface area contributed by atoms with Crippen molar-refractivity contribution >= 4 is 28.4 Å². The average Bonchev–Trinajstić information content (AvgIpc) is 1.85. The van der Waals surface area contributed by atoms with Gasteiger partial charge in [0.05, 0.1) is 0 Å². The first kappa shape index (κ1) is 8.64. The molecule has 0 aromatic rings. The number of allylic oxidation sites excluding steroid dienone is 1. The predicted molar refractivity (Wildman–Crippen MR) is 45.9 cm³/mol. The first-order valence-corrected chi connectivity index (χ1v) is 3.70. The van der Waals surface area contributed by atoms with Crippen LogP contribution in [0.3, 0.4) is 0 Å². The van der Waals surface area contributed by atoms with Gasteiger partial charge in [0.2, 0.25) is 0 Å². The van der Waals surface area contributed by atoms with Gasteiger partial charge in [0.1, 0.15) is 5.16 Å². The molecule has 0 aliphatic carbocycles. The average molecular weight is 195 g/mol. The summed E-state index contributed by atoms with van der Waals surface area (Å²) < 4.78 is 0. The lowest BCUT2D eigenvalue weighted by atomic mass is 10.6. The van der Waals surface area contributed by atoms with Crippen molar-refractivity contribution in [1.29, 1.82) is 0 Å². The molecule has 0 spiro atoms. The van der Waals surface area contributed by atoms with Crippen LogP contribution in [0, 0.1) is 0 Å². The lowest BCUT2D eigenvalue weighted by molar-refractivity contribution is -0.0123. The third-order valence-corrected chi connectivity index (χ3v) is 1.40. The Morgan fingerprint density at radius 3 is 2.64 bits per heavy atom. The minimum absolute atomic E-state index is 0.349. The minimum atomic E-state index is 0.349. The van der Waals surface area contributed by atoms with Crippen LogP contribution in [0.4, 0.5) is 0 Å². The molecule has 1 heterocycles. The Balaban J connectivity index is 2.71. The zero-order chi connectivity index (χ0) is 8.43. The van der Waals surface area contributed by atoms with E-state index < -0.39 is 0 Å². The third kappa shape index (κ3) is 2.25. The Hall–Kier alpha value is -0.450. The van der Waals surface area contributed by atoms with Crippen LogP contribution in [0.2, 0.25) is 0 Å². The van der Waals surface area contributed by atoms with Crippen molar-refractivity contribution in [3.63, 3.8) is 0 Å². The molecule has 0 radical (unpaired) electrons. The van der Waals surface area contributed by atoms with Crippen molar-refractivity contribution in [3.05, 3.63) is 11.2 Å². The van der Waals surface area contributed by atoms with E-state index >= 15 is 0 Å². The number of rotatable bonds is 1. The van der Waals surface area contributed by atoms with Crippen LogP contribution in [-0.2, 0) is 0 Å². The molecule has 0 saturated heterocycles. The molecule has 0 bridgehead atoms. The van der Waals surface area contributed by atoms with Crippen molar-refractivity contribution in [2.45, 2.75) is 0 Å². The molecule has 4 nitrogen and oxygen atoms in total. The van der Waals surface area contributed by atoms with Gasteiger partial charge in [-0.25, -0.2) is 0 Å². The van der Waals surface area contributed by atoms with Gasteiger partial charge in [-0.1, -0.05) is 23.2 Å². The first-order valence-electron chi connectivity index (χ1n) is 2.95. The molecule has 0 atom stereocenters. The Kier molecular flexibility index (Phi) is 2.59. The summed E-state index contributed by atoms with van der Waals surface area (Å²) in [5.41, 5.74) is 2.76. The molecular weight excluding hydrogens is 187 g/mol. The van der Waals surface area contributed by atoms with Gasteiger partial charge in [-0.3, -0.25) is 5.43 Å². The number of nitrogens with one attached hydrogen (secondary N) is 1. The highest BCUT2D eigenvalue weighted by atomic mass is 35.5. The lowest BCUT2D eigenvalue weighted by Gasteiger charge is -2.28. The summed E-state index contributed by atoms with van der Waals surface area (Å²) in [5, 5.41) is 7.84. The molecule has 0 amide bonds. The highest BCUT2D eigenvalue weighted by Crippen LogP contribution is 2.08. The maximum atomic E-state index is 5.67. The van der Waals surface area contributed by atoms with E-state index in [-0.39, 0.29) is 0 Å². The number of halogens is 2. The van der Waals surface area contributed by atoms with Crippen molar-refractivity contribution in [2.24, 2.45) is 5.10 Å². The number of nitrogens with zero attached hydrogens (tertiary/aromatic N) is 3. The van der Waals surface area contributed by atoms with Crippen LogP contribution in [-0.4, -0.2) is 29.5 Å². The monoisotopic (exact) mass is 194 g/mol. The van der Waals surface area contributed by atoms with Crippen LogP contribution in [0.25, 0.3) is 0 Å². The van der Waals surface area contributed by atoms with Gasteiger partial charge in [-0.2, -0.15) is 5.01 Å². The highest BCUT2D eigenvalue weighted by Gasteiger charge is 2.10. The molecule has 1 rings (SSSR count). The second-order valence-electron chi connectivity index (χ2n) is 2.16. The summed E-state index contributed by atoms with van der Waals surface area (Å²) in [4.78, 5) is 0. The fraction of sp³-hybridized carbons (Fsp3) is 0.400. The highest BCUT2D eigenvalue weighted by molar-refractivity contribution is 6.69. The SMILES string of the molecule is CN(C)N1N=C(Cl)C=C(Cl)N1. The van der Waals surface area contributed by atoms with Gasteiger partial charge in [-0.05, 0) is 0 Å². The molecule has 0 fully saturated rings. The lowest BCUT2D eigenvalue weighted by Crippen LogP contribution is -2.44. The molecule has 0 aromatic carbocycles. The number of hydrazone groups is 1. The molecule has 0 aromatic heterocycles. The molecule has 0 unspecified atom stereocenters. The normalized spacial score (nSPS) is 17.7. The molecule has 0 saturated carbocycles. The van der Waals surface area contributed by atoms with Crippen LogP contribution < -0.4 is 5.43 Å². The maximum Gasteiger partial charge on any atom is 0.155 e. The van der Waals surface area contributed by atoms with Crippen molar-refractivity contribution in [3.8, 4) is 0 Å². The van der Waals surface area contributed by atoms with E-state index in [0.717, 1.165) is 0 Å². The Labute approximate surface area is 75.0 Å². The van der Waals surface area contributed by atoms with Gasteiger partial charge >= 0.3 is 0 Å². The Morgan fingerprint density at radius 2 is 2.18 bits per heavy atom. The fourth-order valence-corrected chi connectivity index (χ4v) is 0.982. The zero-order valence-electron chi connectivity index (χ0n) is 6.17. The molecule has 1 aliphatic heterocycles. The minimum Gasteiger partial charge on any atom is -0.256 e. The predicted octanol–water partition coefficient (Wildman–Crippen LogP) is 0.916. The summed E-state index contributed by atoms with van der Waals surface area (Å²) in [6.45, 7) is 0. The molecule has 11 heavy (non-hydrogen) atoms. The summed E-state index contributed by atoms with van der Waals surface area (Å²) in [7, 11) is 3.63. The quantitative estimate of drug-likeness (QED) is 0.631. The van der Waals surface area contributed by atoms with Crippen LogP contribution in [0.5, 0.6) is 0 Å². The van der Waals surface area contributed by atoms with Gasteiger partial charge in [-0.15, -0.1) is 10.3 Å². The van der Waals surface area contributed by atoms with Gasteiger partial charge in [0.15, 0.2) is 5.17 Å². The van der Waals surface area contributed by atoms with Crippen LogP contribution >= 0.6 is 23.2 Å². The summed E-state index contributed by atoms with van der Waals surface area (Å²) in [6.07, 6.45) is 1.53. The first-order chi connectivity index (χ1) is 5.09. The summed E-state index contributed by atoms with van der Waals surface area (Å²) >= 11 is 11.3. The molecule has 1 aliphatic rings. The maximum absolute atomic E-state index is 5.67.